The molecule has 1 aliphatic heterocycles. The van der Waals surface area contributed by atoms with Gasteiger partial charge in [0, 0.05) is 23.1 Å². The number of nitrogens with zero attached hydrogens (tertiary/aromatic N) is 1. The second-order valence-corrected chi connectivity index (χ2v) is 6.36. The fourth-order valence-corrected chi connectivity index (χ4v) is 3.56. The minimum absolute atomic E-state index is 0.162. The van der Waals surface area contributed by atoms with Gasteiger partial charge in [-0.1, -0.05) is 18.2 Å². The Bertz CT molecular complexity index is 763. The zero-order chi connectivity index (χ0) is 16.4. The first-order chi connectivity index (χ1) is 11.1. The van der Waals surface area contributed by atoms with Crippen LogP contribution in [-0.4, -0.2) is 24.2 Å². The molecule has 118 valence electrons. The number of carbonyl (C=O) groups is 2. The first-order valence-corrected chi connectivity index (χ1v) is 8.00. The van der Waals surface area contributed by atoms with E-state index in [1.165, 1.54) is 16.7 Å². The second kappa shape index (κ2) is 6.34. The summed E-state index contributed by atoms with van der Waals surface area (Å²) in [7, 11) is 1.55. The number of anilines is 2. The average Bonchev–Trinajstić information content (AvgIpc) is 2.83. The number of carbonyl (C=O) groups excluding carboxylic acids is 2. The topological polar surface area (TPSA) is 72.6 Å². The number of ether oxygens (including phenoxy) is 1. The minimum Gasteiger partial charge on any atom is -0.497 e. The molecule has 0 radical (unpaired) electrons. The van der Waals surface area contributed by atoms with Crippen LogP contribution in [0.4, 0.5) is 11.4 Å². The van der Waals surface area contributed by atoms with Crippen molar-refractivity contribution < 1.29 is 14.3 Å². The van der Waals surface area contributed by atoms with Crippen molar-refractivity contribution in [3.8, 4) is 5.75 Å². The van der Waals surface area contributed by atoms with Crippen LogP contribution in [-0.2, 0) is 9.59 Å². The van der Waals surface area contributed by atoms with Gasteiger partial charge in [0.1, 0.15) is 5.75 Å². The Morgan fingerprint density at radius 3 is 2.70 bits per heavy atom. The molecule has 2 amide bonds. The van der Waals surface area contributed by atoms with Crippen LogP contribution in [0.15, 0.2) is 53.4 Å². The molecule has 1 saturated heterocycles. The average molecular weight is 328 g/mol. The van der Waals surface area contributed by atoms with Crippen molar-refractivity contribution in [2.75, 3.05) is 17.7 Å². The Hall–Kier alpha value is -2.47. The van der Waals surface area contributed by atoms with Gasteiger partial charge in [-0.2, -0.15) is 0 Å². The third-order valence-electron chi connectivity index (χ3n) is 3.60. The molecule has 23 heavy (non-hydrogen) atoms. The van der Waals surface area contributed by atoms with Crippen molar-refractivity contribution in [3.05, 3.63) is 48.5 Å². The molecule has 0 bridgehead atoms. The Morgan fingerprint density at radius 2 is 1.96 bits per heavy atom. The Labute approximate surface area is 138 Å². The van der Waals surface area contributed by atoms with Crippen molar-refractivity contribution in [2.45, 2.75) is 16.6 Å². The number of amides is 2. The fourth-order valence-electron chi connectivity index (χ4n) is 2.46. The van der Waals surface area contributed by atoms with E-state index in [-0.39, 0.29) is 18.2 Å². The molecule has 6 heteroatoms. The standard InChI is InChI=1S/C17H16N2O3S/c1-22-12-6-4-5-11(9-12)19-16(20)10-15(17(19)21)23-14-8-3-2-7-13(14)18/h2-9,15H,10,18H2,1H3/t15-/m1/s1. The smallest absolute Gasteiger partial charge is 0.247 e. The summed E-state index contributed by atoms with van der Waals surface area (Å²) < 4.78 is 5.15. The minimum atomic E-state index is -0.460. The molecule has 2 aromatic rings. The van der Waals surface area contributed by atoms with Gasteiger partial charge >= 0.3 is 0 Å². The molecule has 0 aromatic heterocycles. The van der Waals surface area contributed by atoms with E-state index in [0.29, 0.717) is 17.1 Å². The molecule has 0 unspecified atom stereocenters. The van der Waals surface area contributed by atoms with Gasteiger partial charge in [-0.25, -0.2) is 4.90 Å². The van der Waals surface area contributed by atoms with E-state index < -0.39 is 5.25 Å². The van der Waals surface area contributed by atoms with Gasteiger partial charge in [0.15, 0.2) is 0 Å². The third kappa shape index (κ3) is 3.03. The Kier molecular flexibility index (Phi) is 4.25. The van der Waals surface area contributed by atoms with Gasteiger partial charge in [-0.15, -0.1) is 11.8 Å². The molecular weight excluding hydrogens is 312 g/mol. The van der Waals surface area contributed by atoms with Gasteiger partial charge in [-0.3, -0.25) is 9.59 Å². The quantitative estimate of drug-likeness (QED) is 0.690. The van der Waals surface area contributed by atoms with Crippen LogP contribution in [0, 0.1) is 0 Å². The van der Waals surface area contributed by atoms with Crippen LogP contribution in [0.2, 0.25) is 0 Å². The van der Waals surface area contributed by atoms with Gasteiger partial charge in [-0.05, 0) is 24.3 Å². The molecule has 5 nitrogen and oxygen atoms in total. The molecular formula is C17H16N2O3S. The van der Waals surface area contributed by atoms with Gasteiger partial charge < -0.3 is 10.5 Å². The Morgan fingerprint density at radius 1 is 1.17 bits per heavy atom. The zero-order valence-electron chi connectivity index (χ0n) is 12.6. The molecule has 3 rings (SSSR count). The molecule has 0 saturated carbocycles. The molecule has 1 fully saturated rings. The van der Waals surface area contributed by atoms with E-state index in [4.69, 9.17) is 10.5 Å². The van der Waals surface area contributed by atoms with Crippen molar-refractivity contribution in [1.82, 2.24) is 0 Å². The zero-order valence-corrected chi connectivity index (χ0v) is 13.4. The second-order valence-electron chi connectivity index (χ2n) is 5.12. The van der Waals surface area contributed by atoms with Crippen molar-refractivity contribution in [3.63, 3.8) is 0 Å². The lowest BCUT2D eigenvalue weighted by Crippen LogP contribution is -2.31. The van der Waals surface area contributed by atoms with E-state index in [0.717, 1.165) is 4.90 Å². The lowest BCUT2D eigenvalue weighted by molar-refractivity contribution is -0.121. The van der Waals surface area contributed by atoms with Crippen molar-refractivity contribution in [1.29, 1.82) is 0 Å². The summed E-state index contributed by atoms with van der Waals surface area (Å²) in [5.41, 5.74) is 7.06. The van der Waals surface area contributed by atoms with Crippen LogP contribution >= 0.6 is 11.8 Å². The van der Waals surface area contributed by atoms with E-state index in [9.17, 15) is 9.59 Å². The maximum atomic E-state index is 12.6. The van der Waals surface area contributed by atoms with Crippen molar-refractivity contribution >= 4 is 35.0 Å². The summed E-state index contributed by atoms with van der Waals surface area (Å²) in [5.74, 6) is 0.165. The van der Waals surface area contributed by atoms with E-state index in [1.54, 1.807) is 37.4 Å². The monoisotopic (exact) mass is 328 g/mol. The van der Waals surface area contributed by atoms with Gasteiger partial charge in [0.25, 0.3) is 0 Å². The van der Waals surface area contributed by atoms with Gasteiger partial charge in [0.05, 0.1) is 18.0 Å². The largest absolute Gasteiger partial charge is 0.497 e. The number of benzene rings is 2. The van der Waals surface area contributed by atoms with Crippen LogP contribution in [0.3, 0.4) is 0 Å². The SMILES string of the molecule is COc1cccc(N2C(=O)C[C@@H](Sc3ccccc3N)C2=O)c1. The maximum absolute atomic E-state index is 12.6. The number of hydrogen-bond donors (Lipinski definition) is 1. The van der Waals surface area contributed by atoms with Crippen LogP contribution in [0.1, 0.15) is 6.42 Å². The molecule has 0 aliphatic carbocycles. The third-order valence-corrected chi connectivity index (χ3v) is 4.88. The predicted molar refractivity (Wildman–Crippen MR) is 90.6 cm³/mol. The predicted octanol–water partition coefficient (Wildman–Crippen LogP) is 2.70. The number of rotatable bonds is 4. The summed E-state index contributed by atoms with van der Waals surface area (Å²) in [6.45, 7) is 0. The molecule has 1 atom stereocenters. The van der Waals surface area contributed by atoms with E-state index >= 15 is 0 Å². The molecule has 1 heterocycles. The Balaban J connectivity index is 1.84. The highest BCUT2D eigenvalue weighted by Gasteiger charge is 2.40. The summed E-state index contributed by atoms with van der Waals surface area (Å²) in [4.78, 5) is 27.0. The summed E-state index contributed by atoms with van der Waals surface area (Å²) in [6.07, 6.45) is 0.162. The lowest BCUT2D eigenvalue weighted by atomic mass is 10.3. The number of imide groups is 1. The highest BCUT2D eigenvalue weighted by Crippen LogP contribution is 2.36. The highest BCUT2D eigenvalue weighted by molar-refractivity contribution is 8.00. The molecule has 2 N–H and O–H groups in total. The maximum Gasteiger partial charge on any atom is 0.247 e. The normalized spacial score (nSPS) is 17.6. The van der Waals surface area contributed by atoms with Gasteiger partial charge in [0.2, 0.25) is 11.8 Å². The number of hydrogen-bond acceptors (Lipinski definition) is 5. The number of thioether (sulfide) groups is 1. The summed E-state index contributed by atoms with van der Waals surface area (Å²) >= 11 is 1.33. The first-order valence-electron chi connectivity index (χ1n) is 7.12. The van der Waals surface area contributed by atoms with Crippen LogP contribution in [0.5, 0.6) is 5.75 Å². The fraction of sp³-hybridized carbons (Fsp3) is 0.176. The molecule has 1 aliphatic rings. The summed E-state index contributed by atoms with van der Waals surface area (Å²) in [6, 6.07) is 14.3. The molecule has 0 spiro atoms. The van der Waals surface area contributed by atoms with E-state index in [2.05, 4.69) is 0 Å². The van der Waals surface area contributed by atoms with Crippen LogP contribution in [0.25, 0.3) is 0 Å². The number of para-hydroxylation sites is 1. The highest BCUT2D eigenvalue weighted by atomic mass is 32.2. The van der Waals surface area contributed by atoms with Crippen LogP contribution < -0.4 is 15.4 Å². The van der Waals surface area contributed by atoms with Crippen molar-refractivity contribution in [2.24, 2.45) is 0 Å². The summed E-state index contributed by atoms with van der Waals surface area (Å²) in [5, 5.41) is -0.460. The molecule has 2 aromatic carbocycles. The number of nitrogens with two attached hydrogens (primary N) is 1. The number of nitrogen functional groups attached to an aromatic ring is 1. The van der Waals surface area contributed by atoms with E-state index in [1.807, 2.05) is 18.2 Å². The lowest BCUT2D eigenvalue weighted by Gasteiger charge is -2.16. The number of methoxy groups -OCH3 is 1. The first kappa shape index (κ1) is 15.4.